The summed E-state index contributed by atoms with van der Waals surface area (Å²) in [7, 11) is 0. The van der Waals surface area contributed by atoms with Crippen molar-refractivity contribution in [1.29, 1.82) is 0 Å². The first-order chi connectivity index (χ1) is 9.85. The van der Waals surface area contributed by atoms with Crippen molar-refractivity contribution < 1.29 is 14.6 Å². The van der Waals surface area contributed by atoms with E-state index in [4.69, 9.17) is 16.3 Å². The fraction of sp³-hybridized carbons (Fsp3) is 0.571. The molecule has 1 atom stereocenters. The number of likely N-dealkylation sites (N-methyl/N-ethyl adjacent to an activating group) is 1. The number of hydrogen-bond donors (Lipinski definition) is 1. The summed E-state index contributed by atoms with van der Waals surface area (Å²) in [5.41, 5.74) is -0.808. The van der Waals surface area contributed by atoms with Crippen molar-refractivity contribution in [2.75, 3.05) is 24.6 Å². The van der Waals surface area contributed by atoms with E-state index in [2.05, 4.69) is 4.98 Å². The second kappa shape index (κ2) is 6.07. The highest BCUT2D eigenvalue weighted by Crippen LogP contribution is 2.28. The maximum atomic E-state index is 11.5. The van der Waals surface area contributed by atoms with E-state index >= 15 is 0 Å². The van der Waals surface area contributed by atoms with Crippen molar-refractivity contribution in [3.8, 4) is 0 Å². The Bertz CT molecular complexity index is 524. The van der Waals surface area contributed by atoms with Crippen LogP contribution in [-0.2, 0) is 4.74 Å². The van der Waals surface area contributed by atoms with Gasteiger partial charge in [-0.15, -0.1) is 0 Å². The molecule has 2 heterocycles. The molecule has 116 valence electrons. The van der Waals surface area contributed by atoms with E-state index in [1.165, 1.54) is 4.90 Å². The van der Waals surface area contributed by atoms with Crippen molar-refractivity contribution in [3.05, 3.63) is 23.4 Å². The van der Waals surface area contributed by atoms with Crippen LogP contribution < -0.4 is 4.90 Å². The van der Waals surface area contributed by atoms with Crippen LogP contribution in [0.1, 0.15) is 20.8 Å². The van der Waals surface area contributed by atoms with Crippen molar-refractivity contribution >= 4 is 23.5 Å². The third-order valence-corrected chi connectivity index (χ3v) is 3.83. The van der Waals surface area contributed by atoms with Crippen LogP contribution in [0.15, 0.2) is 18.2 Å². The Morgan fingerprint density at radius 2 is 2.33 bits per heavy atom. The van der Waals surface area contributed by atoms with E-state index in [-0.39, 0.29) is 6.04 Å². The van der Waals surface area contributed by atoms with Gasteiger partial charge in [-0.2, -0.15) is 0 Å². The Labute approximate surface area is 129 Å². The monoisotopic (exact) mass is 313 g/mol. The number of amides is 1. The predicted octanol–water partition coefficient (Wildman–Crippen LogP) is 2.68. The number of carbonyl (C=O) groups is 1. The molecule has 1 aliphatic rings. The Morgan fingerprint density at radius 3 is 2.90 bits per heavy atom. The fourth-order valence-electron chi connectivity index (χ4n) is 2.62. The fourth-order valence-corrected chi connectivity index (χ4v) is 2.78. The summed E-state index contributed by atoms with van der Waals surface area (Å²) in [5.74, 6) is 0.736. The van der Waals surface area contributed by atoms with E-state index in [0.717, 1.165) is 5.82 Å². The Kier molecular flexibility index (Phi) is 4.58. The normalized spacial score (nSPS) is 20.6. The molecule has 1 aliphatic heterocycles. The molecule has 1 fully saturated rings. The van der Waals surface area contributed by atoms with Gasteiger partial charge in [0.1, 0.15) is 16.7 Å². The number of aromatic nitrogens is 1. The van der Waals surface area contributed by atoms with Gasteiger partial charge < -0.3 is 14.7 Å². The van der Waals surface area contributed by atoms with Gasteiger partial charge >= 0.3 is 6.09 Å². The molecule has 1 N–H and O–H groups in total. The third-order valence-electron chi connectivity index (χ3n) is 3.62. The van der Waals surface area contributed by atoms with Crippen molar-refractivity contribution in [3.63, 3.8) is 0 Å². The van der Waals surface area contributed by atoms with E-state index in [1.54, 1.807) is 19.9 Å². The third kappa shape index (κ3) is 3.39. The maximum absolute atomic E-state index is 11.5. The molecule has 0 aliphatic carbocycles. The highest BCUT2D eigenvalue weighted by Gasteiger charge is 2.44. The molecule has 2 rings (SSSR count). The number of anilines is 1. The van der Waals surface area contributed by atoms with Gasteiger partial charge in [-0.1, -0.05) is 17.7 Å². The lowest BCUT2D eigenvalue weighted by atomic mass is 10.2. The Hall–Kier alpha value is -1.53. The number of halogens is 1. The van der Waals surface area contributed by atoms with Crippen LogP contribution in [0.4, 0.5) is 10.6 Å². The van der Waals surface area contributed by atoms with Gasteiger partial charge in [0.15, 0.2) is 0 Å². The van der Waals surface area contributed by atoms with E-state index in [1.807, 2.05) is 24.0 Å². The zero-order valence-electron chi connectivity index (χ0n) is 12.4. The lowest BCUT2D eigenvalue weighted by Crippen LogP contribution is -2.51. The highest BCUT2D eigenvalue weighted by molar-refractivity contribution is 6.29. The lowest BCUT2D eigenvalue weighted by Gasteiger charge is -2.33. The molecular weight excluding hydrogens is 294 g/mol. The molecule has 1 amide bonds. The van der Waals surface area contributed by atoms with Gasteiger partial charge in [-0.05, 0) is 32.9 Å². The quantitative estimate of drug-likeness (QED) is 0.866. The van der Waals surface area contributed by atoms with Crippen LogP contribution in [0, 0.1) is 0 Å². The molecule has 1 aromatic heterocycles. The summed E-state index contributed by atoms with van der Waals surface area (Å²) in [6.45, 7) is 7.10. The van der Waals surface area contributed by atoms with Gasteiger partial charge in [0.2, 0.25) is 0 Å². The number of pyridine rings is 1. The van der Waals surface area contributed by atoms with Crippen molar-refractivity contribution in [1.82, 2.24) is 9.88 Å². The predicted molar refractivity (Wildman–Crippen MR) is 80.8 cm³/mol. The molecule has 0 spiro atoms. The Balaban J connectivity index is 2.17. The van der Waals surface area contributed by atoms with Gasteiger partial charge in [-0.25, -0.2) is 9.78 Å². The number of carboxylic acid groups (broad SMARTS) is 1. The molecule has 21 heavy (non-hydrogen) atoms. The SMILES string of the molecule is CCN(CC1COC(C)(C)N1C(=O)O)c1cccc(Cl)n1. The first-order valence-electron chi connectivity index (χ1n) is 6.89. The second-order valence-corrected chi connectivity index (χ2v) is 5.81. The van der Waals surface area contributed by atoms with Crippen molar-refractivity contribution in [2.24, 2.45) is 0 Å². The molecule has 6 nitrogen and oxygen atoms in total. The van der Waals surface area contributed by atoms with Crippen LogP contribution >= 0.6 is 11.6 Å². The molecule has 0 saturated carbocycles. The largest absolute Gasteiger partial charge is 0.465 e. The minimum absolute atomic E-state index is 0.238. The number of nitrogens with zero attached hydrogens (tertiary/aromatic N) is 3. The number of hydrogen-bond acceptors (Lipinski definition) is 4. The summed E-state index contributed by atoms with van der Waals surface area (Å²) >= 11 is 5.92. The molecule has 1 saturated heterocycles. The topological polar surface area (TPSA) is 65.9 Å². The molecule has 0 bridgehead atoms. The minimum atomic E-state index is -0.974. The number of ether oxygens (including phenoxy) is 1. The van der Waals surface area contributed by atoms with Gasteiger partial charge in [0.25, 0.3) is 0 Å². The zero-order valence-corrected chi connectivity index (χ0v) is 13.2. The second-order valence-electron chi connectivity index (χ2n) is 5.42. The van der Waals surface area contributed by atoms with Gasteiger partial charge in [0, 0.05) is 13.1 Å². The summed E-state index contributed by atoms with van der Waals surface area (Å²) in [6.07, 6.45) is -0.974. The van der Waals surface area contributed by atoms with Crippen LogP contribution in [0.25, 0.3) is 0 Å². The molecular formula is C14H20ClN3O3. The standard InChI is InChI=1S/C14H20ClN3O3/c1-4-17(12-7-5-6-11(15)16-12)8-10-9-21-14(2,3)18(10)13(19)20/h5-7,10H,4,8-9H2,1-3H3,(H,19,20). The molecule has 0 radical (unpaired) electrons. The van der Waals surface area contributed by atoms with Crippen LogP contribution in [0.2, 0.25) is 5.15 Å². The maximum Gasteiger partial charge on any atom is 0.409 e. The smallest absolute Gasteiger partial charge is 0.409 e. The molecule has 1 unspecified atom stereocenters. The molecule has 7 heteroatoms. The highest BCUT2D eigenvalue weighted by atomic mass is 35.5. The molecule has 0 aromatic carbocycles. The minimum Gasteiger partial charge on any atom is -0.465 e. The first-order valence-corrected chi connectivity index (χ1v) is 7.26. The van der Waals surface area contributed by atoms with E-state index < -0.39 is 11.8 Å². The van der Waals surface area contributed by atoms with E-state index in [9.17, 15) is 9.90 Å². The van der Waals surface area contributed by atoms with Gasteiger partial charge in [0.05, 0.1) is 12.6 Å². The summed E-state index contributed by atoms with van der Waals surface area (Å²) in [6, 6.07) is 5.17. The lowest BCUT2D eigenvalue weighted by molar-refractivity contribution is -0.0417. The summed E-state index contributed by atoms with van der Waals surface area (Å²) in [4.78, 5) is 19.1. The number of rotatable bonds is 4. The van der Waals surface area contributed by atoms with Crippen LogP contribution in [-0.4, -0.2) is 52.5 Å². The summed E-state index contributed by atoms with van der Waals surface area (Å²) < 4.78 is 5.60. The van der Waals surface area contributed by atoms with Crippen LogP contribution in [0.5, 0.6) is 0 Å². The zero-order chi connectivity index (χ0) is 15.6. The average molecular weight is 314 g/mol. The van der Waals surface area contributed by atoms with E-state index in [0.29, 0.717) is 24.8 Å². The van der Waals surface area contributed by atoms with Gasteiger partial charge in [-0.3, -0.25) is 4.90 Å². The van der Waals surface area contributed by atoms with Crippen molar-refractivity contribution in [2.45, 2.75) is 32.5 Å². The average Bonchev–Trinajstić information content (AvgIpc) is 2.70. The first kappa shape index (κ1) is 15.9. The molecule has 1 aromatic rings. The summed E-state index contributed by atoms with van der Waals surface area (Å²) in [5, 5.41) is 9.83. The Morgan fingerprint density at radius 1 is 1.62 bits per heavy atom. The van der Waals surface area contributed by atoms with Crippen LogP contribution in [0.3, 0.4) is 0 Å².